The number of halogens is 4. The molecule has 1 aliphatic rings. The van der Waals surface area contributed by atoms with Gasteiger partial charge in [0.2, 0.25) is 5.91 Å². The number of aliphatic imine (C=N–C) groups is 1. The number of nitrogens with one attached hydrogen (secondary N) is 1. The van der Waals surface area contributed by atoms with Crippen LogP contribution in [0.1, 0.15) is 23.2 Å². The number of carbonyl (C=O) groups excluding carboxylic acids is 1. The van der Waals surface area contributed by atoms with E-state index in [0.717, 1.165) is 12.1 Å². The molecule has 0 unspecified atom stereocenters. The van der Waals surface area contributed by atoms with Crippen molar-refractivity contribution in [2.24, 2.45) is 4.99 Å². The van der Waals surface area contributed by atoms with Crippen LogP contribution in [0.15, 0.2) is 47.6 Å². The van der Waals surface area contributed by atoms with Gasteiger partial charge in [-0.25, -0.2) is 4.68 Å². The molecule has 2 N–H and O–H groups in total. The summed E-state index contributed by atoms with van der Waals surface area (Å²) in [6.07, 6.45) is -3.40. The van der Waals surface area contributed by atoms with E-state index in [2.05, 4.69) is 20.6 Å². The lowest BCUT2D eigenvalue weighted by Gasteiger charge is -2.12. The zero-order valence-electron chi connectivity index (χ0n) is 15.1. The van der Waals surface area contributed by atoms with E-state index in [4.69, 9.17) is 11.6 Å². The highest BCUT2D eigenvalue weighted by Crippen LogP contribution is 2.41. The number of hydrogen-bond acceptors (Lipinski definition) is 5. The van der Waals surface area contributed by atoms with Crippen LogP contribution in [0.25, 0.3) is 5.69 Å². The van der Waals surface area contributed by atoms with Crippen LogP contribution in [-0.2, 0) is 17.6 Å². The first-order valence-corrected chi connectivity index (χ1v) is 9.03. The maximum atomic E-state index is 13.1. The van der Waals surface area contributed by atoms with Crippen LogP contribution < -0.4 is 5.32 Å². The molecule has 1 aliphatic heterocycles. The molecular formula is C19H13ClF3N5O2. The molecule has 0 radical (unpaired) electrons. The highest BCUT2D eigenvalue weighted by molar-refractivity contribution is 6.32. The van der Waals surface area contributed by atoms with Crippen LogP contribution >= 0.6 is 11.6 Å². The third-order valence-electron chi connectivity index (χ3n) is 4.45. The van der Waals surface area contributed by atoms with Gasteiger partial charge in [-0.15, -0.1) is 5.10 Å². The molecule has 30 heavy (non-hydrogen) atoms. The van der Waals surface area contributed by atoms with Crippen molar-refractivity contribution in [1.29, 1.82) is 0 Å². The summed E-state index contributed by atoms with van der Waals surface area (Å²) in [7, 11) is 0. The molecule has 0 saturated carbocycles. The van der Waals surface area contributed by atoms with E-state index >= 15 is 0 Å². The molecule has 1 aromatic heterocycles. The molecule has 2 aromatic carbocycles. The highest BCUT2D eigenvalue weighted by Gasteiger charge is 2.34. The summed E-state index contributed by atoms with van der Waals surface area (Å²) in [6.45, 7) is -0.270. The van der Waals surface area contributed by atoms with E-state index in [9.17, 15) is 23.1 Å². The molecule has 0 atom stereocenters. The first kappa shape index (κ1) is 20.0. The standard InChI is InChI=1S/C19H13ClF3N5O2/c20-14-6-17-16(5-13(14)19(21,22)23)26-18(30)7-15(25-17)10-2-1-3-11(4-10)28-12(9-29)8-24-27-28/h1-6,8,29H,7,9H2,(H,26,30). The van der Waals surface area contributed by atoms with Crippen molar-refractivity contribution in [3.63, 3.8) is 0 Å². The first-order chi connectivity index (χ1) is 14.3. The number of alkyl halides is 3. The lowest BCUT2D eigenvalue weighted by molar-refractivity contribution is -0.137. The number of hydrogen-bond donors (Lipinski definition) is 2. The first-order valence-electron chi connectivity index (χ1n) is 8.65. The Kier molecular flexibility index (Phi) is 5.04. The number of aromatic nitrogens is 3. The fraction of sp³-hybridized carbons (Fsp3) is 0.158. The molecule has 0 bridgehead atoms. The van der Waals surface area contributed by atoms with Gasteiger partial charge in [0.25, 0.3) is 0 Å². The summed E-state index contributed by atoms with van der Waals surface area (Å²) < 4.78 is 40.8. The van der Waals surface area contributed by atoms with Crippen LogP contribution in [-0.4, -0.2) is 31.7 Å². The lowest BCUT2D eigenvalue weighted by Crippen LogP contribution is -2.16. The molecule has 1 amide bonds. The van der Waals surface area contributed by atoms with E-state index in [1.165, 1.54) is 10.9 Å². The van der Waals surface area contributed by atoms with Crippen LogP contribution in [0.2, 0.25) is 5.02 Å². The van der Waals surface area contributed by atoms with Crippen molar-refractivity contribution >= 4 is 34.6 Å². The predicted octanol–water partition coefficient (Wildman–Crippen LogP) is 3.89. The van der Waals surface area contributed by atoms with Gasteiger partial charge in [0.05, 0.1) is 58.3 Å². The Morgan fingerprint density at radius 3 is 2.77 bits per heavy atom. The number of fused-ring (bicyclic) bond motifs is 1. The minimum atomic E-state index is -4.66. The van der Waals surface area contributed by atoms with E-state index in [1.54, 1.807) is 24.3 Å². The van der Waals surface area contributed by atoms with Crippen LogP contribution in [0.3, 0.4) is 0 Å². The summed E-state index contributed by atoms with van der Waals surface area (Å²) >= 11 is 5.81. The van der Waals surface area contributed by atoms with E-state index in [-0.39, 0.29) is 24.4 Å². The van der Waals surface area contributed by atoms with E-state index in [1.807, 2.05) is 0 Å². The van der Waals surface area contributed by atoms with Gasteiger partial charge in [-0.2, -0.15) is 13.2 Å². The molecular weight excluding hydrogens is 423 g/mol. The van der Waals surface area contributed by atoms with Gasteiger partial charge in [-0.1, -0.05) is 28.9 Å². The predicted molar refractivity (Wildman–Crippen MR) is 103 cm³/mol. The number of benzene rings is 2. The average Bonchev–Trinajstić information content (AvgIpc) is 3.11. The van der Waals surface area contributed by atoms with Gasteiger partial charge in [0.1, 0.15) is 0 Å². The van der Waals surface area contributed by atoms with E-state index in [0.29, 0.717) is 22.7 Å². The van der Waals surface area contributed by atoms with Crippen molar-refractivity contribution in [2.45, 2.75) is 19.2 Å². The van der Waals surface area contributed by atoms with Gasteiger partial charge in [-0.3, -0.25) is 9.79 Å². The van der Waals surface area contributed by atoms with Gasteiger partial charge in [0, 0.05) is 0 Å². The zero-order valence-corrected chi connectivity index (χ0v) is 15.9. The fourth-order valence-corrected chi connectivity index (χ4v) is 3.33. The van der Waals surface area contributed by atoms with E-state index < -0.39 is 22.7 Å². The molecule has 4 rings (SSSR count). The molecule has 2 heterocycles. The maximum Gasteiger partial charge on any atom is 0.417 e. The Bertz CT molecular complexity index is 1170. The number of amides is 1. The van der Waals surface area contributed by atoms with Crippen molar-refractivity contribution < 1.29 is 23.1 Å². The largest absolute Gasteiger partial charge is 0.417 e. The van der Waals surface area contributed by atoms with Crippen LogP contribution in [0, 0.1) is 0 Å². The molecule has 0 aliphatic carbocycles. The lowest BCUT2D eigenvalue weighted by atomic mass is 10.1. The second-order valence-corrected chi connectivity index (χ2v) is 6.88. The Morgan fingerprint density at radius 1 is 1.23 bits per heavy atom. The number of aliphatic hydroxyl groups is 1. The maximum absolute atomic E-state index is 13.1. The summed E-state index contributed by atoms with van der Waals surface area (Å²) in [6, 6.07) is 8.70. The number of carbonyl (C=O) groups is 1. The second-order valence-electron chi connectivity index (χ2n) is 6.48. The Balaban J connectivity index is 1.80. The number of rotatable bonds is 3. The fourth-order valence-electron chi connectivity index (χ4n) is 3.07. The van der Waals surface area contributed by atoms with Crippen LogP contribution in [0.5, 0.6) is 0 Å². The number of anilines is 1. The summed E-state index contributed by atoms with van der Waals surface area (Å²) in [5.74, 6) is -0.509. The normalized spacial score (nSPS) is 14.0. The van der Waals surface area contributed by atoms with Gasteiger partial charge >= 0.3 is 6.18 Å². The van der Waals surface area contributed by atoms with Gasteiger partial charge in [-0.05, 0) is 29.8 Å². The van der Waals surface area contributed by atoms with Crippen molar-refractivity contribution in [2.75, 3.05) is 5.32 Å². The quantitative estimate of drug-likeness (QED) is 0.652. The number of aliphatic hydroxyl groups excluding tert-OH is 1. The monoisotopic (exact) mass is 435 g/mol. The molecule has 3 aromatic rings. The van der Waals surface area contributed by atoms with Crippen LogP contribution in [0.4, 0.5) is 24.5 Å². The minimum Gasteiger partial charge on any atom is -0.390 e. The summed E-state index contributed by atoms with van der Waals surface area (Å²) in [5.41, 5.74) is 0.946. The minimum absolute atomic E-state index is 0.0678. The second kappa shape index (κ2) is 7.54. The zero-order chi connectivity index (χ0) is 21.5. The molecule has 7 nitrogen and oxygen atoms in total. The third kappa shape index (κ3) is 3.79. The Morgan fingerprint density at radius 2 is 2.03 bits per heavy atom. The molecule has 154 valence electrons. The SMILES string of the molecule is O=C1CC(c2cccc(-n3nncc3CO)c2)=Nc2cc(Cl)c(C(F)(F)F)cc2N1. The van der Waals surface area contributed by atoms with Gasteiger partial charge in [0.15, 0.2) is 0 Å². The average molecular weight is 436 g/mol. The van der Waals surface area contributed by atoms with Gasteiger partial charge < -0.3 is 10.4 Å². The molecule has 0 saturated heterocycles. The molecule has 11 heteroatoms. The smallest absolute Gasteiger partial charge is 0.390 e. The Hall–Kier alpha value is -3.24. The Labute approximate surface area is 172 Å². The highest BCUT2D eigenvalue weighted by atomic mass is 35.5. The topological polar surface area (TPSA) is 92.4 Å². The van der Waals surface area contributed by atoms with Crippen molar-refractivity contribution in [1.82, 2.24) is 15.0 Å². The summed E-state index contributed by atoms with van der Waals surface area (Å²) in [5, 5.41) is 19.0. The summed E-state index contributed by atoms with van der Waals surface area (Å²) in [4.78, 5) is 16.7. The third-order valence-corrected chi connectivity index (χ3v) is 4.77. The van der Waals surface area contributed by atoms with Crippen molar-refractivity contribution in [3.05, 3.63) is 64.4 Å². The molecule has 0 spiro atoms. The molecule has 0 fully saturated rings. The van der Waals surface area contributed by atoms with Crippen molar-refractivity contribution in [3.8, 4) is 5.69 Å². The number of nitrogens with zero attached hydrogens (tertiary/aromatic N) is 4.